The zero-order valence-corrected chi connectivity index (χ0v) is 12.3. The molecule has 0 unspecified atom stereocenters. The van der Waals surface area contributed by atoms with Gasteiger partial charge in [0.2, 0.25) is 10.0 Å². The minimum atomic E-state index is -3.37. The van der Waals surface area contributed by atoms with Gasteiger partial charge < -0.3 is 0 Å². The van der Waals surface area contributed by atoms with Crippen LogP contribution in [0, 0.1) is 5.41 Å². The molecule has 0 aliphatic rings. The molecule has 1 N–H and O–H groups in total. The summed E-state index contributed by atoms with van der Waals surface area (Å²) in [7, 11) is -3.37. The van der Waals surface area contributed by atoms with E-state index in [9.17, 15) is 13.2 Å². The van der Waals surface area contributed by atoms with E-state index in [1.165, 1.54) is 18.2 Å². The van der Waals surface area contributed by atoms with Gasteiger partial charge in [0.05, 0.1) is 11.3 Å². The van der Waals surface area contributed by atoms with Crippen LogP contribution in [0.5, 0.6) is 0 Å². The minimum Gasteiger partial charge on any atom is -0.294 e. The molecular formula is C12H16ClNO3S. The summed E-state index contributed by atoms with van der Waals surface area (Å²) in [5.41, 5.74) is 0.0696. The fraction of sp³-hybridized carbons (Fsp3) is 0.417. The number of anilines is 1. The Labute approximate surface area is 112 Å². The summed E-state index contributed by atoms with van der Waals surface area (Å²) in [4.78, 5) is 12.1. The van der Waals surface area contributed by atoms with Crippen molar-refractivity contribution < 1.29 is 13.2 Å². The number of halogens is 1. The Hall–Kier alpha value is -1.07. The molecule has 0 saturated heterocycles. The van der Waals surface area contributed by atoms with E-state index < -0.39 is 15.4 Å². The van der Waals surface area contributed by atoms with Gasteiger partial charge in [-0.1, -0.05) is 32.4 Å². The monoisotopic (exact) mass is 289 g/mol. The number of carbonyl (C=O) groups excluding carboxylic acids is 1. The van der Waals surface area contributed by atoms with Crippen molar-refractivity contribution >= 4 is 33.1 Å². The lowest BCUT2D eigenvalue weighted by Crippen LogP contribution is -2.21. The van der Waals surface area contributed by atoms with Gasteiger partial charge in [0, 0.05) is 16.7 Å². The number of hydrogen-bond donors (Lipinski definition) is 1. The zero-order chi connectivity index (χ0) is 14.1. The first-order chi connectivity index (χ1) is 8.00. The Morgan fingerprint density at radius 1 is 1.28 bits per heavy atom. The van der Waals surface area contributed by atoms with Crippen LogP contribution in [0.1, 0.15) is 31.1 Å². The molecule has 1 rings (SSSR count). The molecule has 0 aliphatic carbocycles. The summed E-state index contributed by atoms with van der Waals surface area (Å²) in [6.07, 6.45) is 1.05. The summed E-state index contributed by atoms with van der Waals surface area (Å²) in [6.45, 7) is 5.34. The van der Waals surface area contributed by atoms with Crippen molar-refractivity contribution in [2.75, 3.05) is 11.0 Å². The maximum absolute atomic E-state index is 12.1. The van der Waals surface area contributed by atoms with Crippen molar-refractivity contribution in [2.24, 2.45) is 5.41 Å². The van der Waals surface area contributed by atoms with Gasteiger partial charge in [-0.15, -0.1) is 0 Å². The van der Waals surface area contributed by atoms with E-state index in [4.69, 9.17) is 11.6 Å². The van der Waals surface area contributed by atoms with Gasteiger partial charge in [-0.25, -0.2) is 8.42 Å². The van der Waals surface area contributed by atoms with Crippen LogP contribution in [0.15, 0.2) is 18.2 Å². The van der Waals surface area contributed by atoms with Crippen LogP contribution in [0.2, 0.25) is 5.02 Å². The minimum absolute atomic E-state index is 0.135. The standard InChI is InChI=1S/C12H16ClNO3S/c1-12(2,3)11(15)9-7-8(5-6-10(9)13)14-18(4,16)17/h5-7,14H,1-4H3. The van der Waals surface area contributed by atoms with Crippen molar-refractivity contribution in [3.05, 3.63) is 28.8 Å². The summed E-state index contributed by atoms with van der Waals surface area (Å²) < 4.78 is 24.6. The smallest absolute Gasteiger partial charge is 0.229 e. The van der Waals surface area contributed by atoms with Gasteiger partial charge in [0.15, 0.2) is 5.78 Å². The Morgan fingerprint density at radius 3 is 2.28 bits per heavy atom. The number of Topliss-reactive ketones (excluding diaryl/α,β-unsaturated/α-hetero) is 1. The second kappa shape index (κ2) is 4.90. The molecule has 0 radical (unpaired) electrons. The van der Waals surface area contributed by atoms with Crippen molar-refractivity contribution in [3.63, 3.8) is 0 Å². The van der Waals surface area contributed by atoms with Gasteiger partial charge in [0.25, 0.3) is 0 Å². The van der Waals surface area contributed by atoms with Crippen LogP contribution in [0.3, 0.4) is 0 Å². The molecule has 0 amide bonds. The third-order valence-electron chi connectivity index (χ3n) is 2.20. The Kier molecular flexibility index (Phi) is 4.08. The first kappa shape index (κ1) is 15.0. The SMILES string of the molecule is CC(C)(C)C(=O)c1cc(NS(C)(=O)=O)ccc1Cl. The number of benzene rings is 1. The molecule has 4 nitrogen and oxygen atoms in total. The van der Waals surface area contributed by atoms with Crippen LogP contribution in [-0.4, -0.2) is 20.5 Å². The Bertz CT molecular complexity index is 573. The number of carbonyl (C=O) groups is 1. The molecule has 0 aliphatic heterocycles. The molecule has 100 valence electrons. The van der Waals surface area contributed by atoms with E-state index in [0.717, 1.165) is 6.26 Å². The van der Waals surface area contributed by atoms with Crippen molar-refractivity contribution in [3.8, 4) is 0 Å². The molecule has 1 aromatic carbocycles. The molecule has 0 bridgehead atoms. The first-order valence-electron chi connectivity index (χ1n) is 5.33. The molecular weight excluding hydrogens is 274 g/mol. The van der Waals surface area contributed by atoms with Crippen molar-refractivity contribution in [2.45, 2.75) is 20.8 Å². The number of ketones is 1. The van der Waals surface area contributed by atoms with Crippen LogP contribution in [0.25, 0.3) is 0 Å². The summed E-state index contributed by atoms with van der Waals surface area (Å²) >= 11 is 5.97. The molecule has 0 spiro atoms. The van der Waals surface area contributed by atoms with E-state index in [1.54, 1.807) is 20.8 Å². The summed E-state index contributed by atoms with van der Waals surface area (Å²) in [5.74, 6) is -0.135. The van der Waals surface area contributed by atoms with Gasteiger partial charge in [-0.05, 0) is 18.2 Å². The highest BCUT2D eigenvalue weighted by Gasteiger charge is 2.25. The summed E-state index contributed by atoms with van der Waals surface area (Å²) in [5, 5.41) is 0.314. The number of hydrogen-bond acceptors (Lipinski definition) is 3. The highest BCUT2D eigenvalue weighted by atomic mass is 35.5. The lowest BCUT2D eigenvalue weighted by molar-refractivity contribution is 0.0858. The second-order valence-corrected chi connectivity index (χ2v) is 7.30. The predicted molar refractivity (Wildman–Crippen MR) is 73.7 cm³/mol. The highest BCUT2D eigenvalue weighted by Crippen LogP contribution is 2.28. The average molecular weight is 290 g/mol. The van der Waals surface area contributed by atoms with Gasteiger partial charge in [-0.2, -0.15) is 0 Å². The van der Waals surface area contributed by atoms with E-state index in [0.29, 0.717) is 16.3 Å². The van der Waals surface area contributed by atoms with Gasteiger partial charge in [0.1, 0.15) is 0 Å². The fourth-order valence-electron chi connectivity index (χ4n) is 1.38. The number of sulfonamides is 1. The van der Waals surface area contributed by atoms with Crippen molar-refractivity contribution in [1.29, 1.82) is 0 Å². The van der Waals surface area contributed by atoms with Crippen LogP contribution in [0.4, 0.5) is 5.69 Å². The topological polar surface area (TPSA) is 63.2 Å². The average Bonchev–Trinajstić information content (AvgIpc) is 2.16. The van der Waals surface area contributed by atoms with Gasteiger partial charge in [-0.3, -0.25) is 9.52 Å². The molecule has 0 atom stereocenters. The quantitative estimate of drug-likeness (QED) is 0.870. The van der Waals surface area contributed by atoms with E-state index >= 15 is 0 Å². The largest absolute Gasteiger partial charge is 0.294 e. The Balaban J connectivity index is 3.22. The predicted octanol–water partition coefficient (Wildman–Crippen LogP) is 2.94. The maximum Gasteiger partial charge on any atom is 0.229 e. The molecule has 6 heteroatoms. The van der Waals surface area contributed by atoms with Crippen LogP contribution in [-0.2, 0) is 10.0 Å². The van der Waals surface area contributed by atoms with Crippen molar-refractivity contribution in [1.82, 2.24) is 0 Å². The zero-order valence-electron chi connectivity index (χ0n) is 10.7. The molecule has 0 heterocycles. The van der Waals surface area contributed by atoms with Gasteiger partial charge >= 0.3 is 0 Å². The van der Waals surface area contributed by atoms with Crippen LogP contribution < -0.4 is 4.72 Å². The fourth-order valence-corrected chi connectivity index (χ4v) is 2.14. The van der Waals surface area contributed by atoms with E-state index in [-0.39, 0.29) is 5.78 Å². The van der Waals surface area contributed by atoms with E-state index in [2.05, 4.69) is 4.72 Å². The first-order valence-corrected chi connectivity index (χ1v) is 7.60. The lowest BCUT2D eigenvalue weighted by atomic mass is 9.86. The maximum atomic E-state index is 12.1. The molecule has 1 aromatic rings. The molecule has 18 heavy (non-hydrogen) atoms. The molecule has 0 fully saturated rings. The molecule has 0 aromatic heterocycles. The second-order valence-electron chi connectivity index (χ2n) is 5.15. The number of nitrogens with one attached hydrogen (secondary N) is 1. The highest BCUT2D eigenvalue weighted by molar-refractivity contribution is 7.92. The van der Waals surface area contributed by atoms with E-state index in [1.807, 2.05) is 0 Å². The third-order valence-corrected chi connectivity index (χ3v) is 3.13. The Morgan fingerprint density at radius 2 is 1.83 bits per heavy atom. The molecule has 0 saturated carbocycles. The normalized spacial score (nSPS) is 12.3. The van der Waals surface area contributed by atoms with Crippen LogP contribution >= 0.6 is 11.6 Å². The third kappa shape index (κ3) is 3.99. The lowest BCUT2D eigenvalue weighted by Gasteiger charge is -2.18. The summed E-state index contributed by atoms with van der Waals surface area (Å²) in [6, 6.07) is 4.48. The number of rotatable bonds is 3.